The van der Waals surface area contributed by atoms with Crippen molar-refractivity contribution in [1.82, 2.24) is 10.6 Å². The topological polar surface area (TPSA) is 84.5 Å². The smallest absolute Gasteiger partial charge is 0.328 e. The Kier molecular flexibility index (Phi) is 8.35. The molecule has 2 amide bonds. The van der Waals surface area contributed by atoms with Crippen molar-refractivity contribution in [2.24, 2.45) is 5.92 Å². The summed E-state index contributed by atoms with van der Waals surface area (Å²) in [5, 5.41) is 5.22. The van der Waals surface area contributed by atoms with Gasteiger partial charge in [0.2, 0.25) is 11.8 Å². The third kappa shape index (κ3) is 7.48. The van der Waals surface area contributed by atoms with Gasteiger partial charge in [0.25, 0.3) is 0 Å². The van der Waals surface area contributed by atoms with Gasteiger partial charge in [-0.25, -0.2) is 4.79 Å². The molecule has 0 aromatic rings. The van der Waals surface area contributed by atoms with E-state index in [9.17, 15) is 14.4 Å². The van der Waals surface area contributed by atoms with E-state index >= 15 is 0 Å². The molecular weight excluding hydrogens is 272 g/mol. The molecular formula is C15H26N2O4. The van der Waals surface area contributed by atoms with Gasteiger partial charge in [-0.3, -0.25) is 9.59 Å². The highest BCUT2D eigenvalue weighted by Crippen LogP contribution is 2.05. The number of methoxy groups -OCH3 is 1. The van der Waals surface area contributed by atoms with E-state index in [-0.39, 0.29) is 11.8 Å². The van der Waals surface area contributed by atoms with Crippen molar-refractivity contribution in [2.75, 3.05) is 7.11 Å². The van der Waals surface area contributed by atoms with E-state index in [0.29, 0.717) is 6.42 Å². The zero-order valence-electron chi connectivity index (χ0n) is 13.6. The van der Waals surface area contributed by atoms with Gasteiger partial charge in [0.1, 0.15) is 12.1 Å². The molecule has 0 saturated heterocycles. The highest BCUT2D eigenvalue weighted by atomic mass is 16.5. The number of carbonyl (C=O) groups is 3. The molecule has 2 atom stereocenters. The molecule has 0 saturated carbocycles. The molecule has 0 aliphatic heterocycles. The molecule has 0 spiro atoms. The van der Waals surface area contributed by atoms with E-state index in [0.717, 1.165) is 5.57 Å². The minimum Gasteiger partial charge on any atom is -0.467 e. The van der Waals surface area contributed by atoms with E-state index in [1.807, 2.05) is 33.8 Å². The Morgan fingerprint density at radius 3 is 2.05 bits per heavy atom. The molecule has 0 rings (SSSR count). The van der Waals surface area contributed by atoms with Gasteiger partial charge >= 0.3 is 5.97 Å². The summed E-state index contributed by atoms with van der Waals surface area (Å²) in [5.41, 5.74) is 1.04. The Morgan fingerprint density at radius 2 is 1.67 bits per heavy atom. The van der Waals surface area contributed by atoms with Crippen molar-refractivity contribution < 1.29 is 19.1 Å². The monoisotopic (exact) mass is 298 g/mol. The van der Waals surface area contributed by atoms with Crippen LogP contribution in [0.3, 0.4) is 0 Å². The third-order valence-corrected chi connectivity index (χ3v) is 2.87. The molecule has 6 nitrogen and oxygen atoms in total. The van der Waals surface area contributed by atoms with Crippen LogP contribution in [0.25, 0.3) is 0 Å². The molecule has 0 unspecified atom stereocenters. The lowest BCUT2D eigenvalue weighted by atomic mass is 10.0. The summed E-state index contributed by atoms with van der Waals surface area (Å²) in [7, 11) is 1.28. The minimum absolute atomic E-state index is 0.0874. The van der Waals surface area contributed by atoms with E-state index in [1.54, 1.807) is 0 Å². The maximum absolute atomic E-state index is 12.2. The second-order valence-electron chi connectivity index (χ2n) is 5.52. The van der Waals surface area contributed by atoms with Crippen molar-refractivity contribution in [3.8, 4) is 0 Å². The first kappa shape index (κ1) is 19.1. The lowest BCUT2D eigenvalue weighted by Crippen LogP contribution is -2.53. The number of hydrogen-bond donors (Lipinski definition) is 2. The van der Waals surface area contributed by atoms with Gasteiger partial charge < -0.3 is 15.4 Å². The van der Waals surface area contributed by atoms with Crippen LogP contribution in [0.5, 0.6) is 0 Å². The minimum atomic E-state index is -0.757. The lowest BCUT2D eigenvalue weighted by Gasteiger charge is -2.23. The molecule has 0 aromatic heterocycles. The summed E-state index contributed by atoms with van der Waals surface area (Å²) in [5.74, 6) is -1.28. The molecule has 120 valence electrons. The predicted octanol–water partition coefficient (Wildman–Crippen LogP) is 1.16. The Balaban J connectivity index is 4.95. The summed E-state index contributed by atoms with van der Waals surface area (Å²) in [6.07, 6.45) is 2.20. The van der Waals surface area contributed by atoms with Crippen molar-refractivity contribution in [2.45, 2.75) is 53.1 Å². The molecule has 2 N–H and O–H groups in total. The number of hydrogen-bond acceptors (Lipinski definition) is 4. The maximum atomic E-state index is 12.2. The van der Waals surface area contributed by atoms with Crippen molar-refractivity contribution in [3.05, 3.63) is 11.6 Å². The van der Waals surface area contributed by atoms with Crippen LogP contribution in [0.1, 0.15) is 41.0 Å². The predicted molar refractivity (Wildman–Crippen MR) is 80.4 cm³/mol. The molecule has 0 fully saturated rings. The number of esters is 1. The highest BCUT2D eigenvalue weighted by molar-refractivity contribution is 5.90. The van der Waals surface area contributed by atoms with Gasteiger partial charge in [-0.05, 0) is 26.2 Å². The zero-order valence-corrected chi connectivity index (χ0v) is 13.6. The van der Waals surface area contributed by atoms with Gasteiger partial charge in [-0.15, -0.1) is 0 Å². The molecule has 0 radical (unpaired) electrons. The van der Waals surface area contributed by atoms with Crippen LogP contribution in [0, 0.1) is 5.92 Å². The lowest BCUT2D eigenvalue weighted by molar-refractivity contribution is -0.145. The Bertz CT molecular complexity index is 412. The second kappa shape index (κ2) is 9.15. The third-order valence-electron chi connectivity index (χ3n) is 2.87. The summed E-state index contributed by atoms with van der Waals surface area (Å²) in [6.45, 7) is 8.81. The molecule has 6 heteroatoms. The number of rotatable bonds is 7. The van der Waals surface area contributed by atoms with Crippen LogP contribution < -0.4 is 10.6 Å². The summed E-state index contributed by atoms with van der Waals surface area (Å²) in [4.78, 5) is 35.1. The molecule has 0 aromatic carbocycles. The van der Waals surface area contributed by atoms with Crippen LogP contribution in [0.4, 0.5) is 0 Å². The molecule has 0 heterocycles. The maximum Gasteiger partial charge on any atom is 0.328 e. The van der Waals surface area contributed by atoms with Crippen molar-refractivity contribution >= 4 is 17.8 Å². The van der Waals surface area contributed by atoms with Crippen LogP contribution in [-0.2, 0) is 19.1 Å². The summed E-state index contributed by atoms with van der Waals surface area (Å²) < 4.78 is 4.70. The normalized spacial score (nSPS) is 13.1. The van der Waals surface area contributed by atoms with E-state index < -0.39 is 24.0 Å². The average molecular weight is 298 g/mol. The first-order valence-electron chi connectivity index (χ1n) is 6.97. The number of ether oxygens (including phenoxy) is 1. The van der Waals surface area contributed by atoms with Crippen molar-refractivity contribution in [3.63, 3.8) is 0 Å². The SMILES string of the molecule is COC(=O)[C@H](CC=C(C)C)NC(=O)[C@H](NC(C)=O)C(C)C. The molecule has 0 aliphatic carbocycles. The van der Waals surface area contributed by atoms with E-state index in [4.69, 9.17) is 4.74 Å². The van der Waals surface area contributed by atoms with Crippen LogP contribution in [0.15, 0.2) is 11.6 Å². The fourth-order valence-corrected chi connectivity index (χ4v) is 1.73. The number of nitrogens with one attached hydrogen (secondary N) is 2. The average Bonchev–Trinajstić information content (AvgIpc) is 2.38. The highest BCUT2D eigenvalue weighted by Gasteiger charge is 2.27. The summed E-state index contributed by atoms with van der Waals surface area (Å²) >= 11 is 0. The fraction of sp³-hybridized carbons (Fsp3) is 0.667. The fourth-order valence-electron chi connectivity index (χ4n) is 1.73. The van der Waals surface area contributed by atoms with Gasteiger partial charge in [0.15, 0.2) is 0 Å². The zero-order chi connectivity index (χ0) is 16.6. The number of carbonyl (C=O) groups excluding carboxylic acids is 3. The Hall–Kier alpha value is -1.85. The Morgan fingerprint density at radius 1 is 1.10 bits per heavy atom. The van der Waals surface area contributed by atoms with Gasteiger partial charge in [0.05, 0.1) is 7.11 Å². The first-order chi connectivity index (χ1) is 9.68. The van der Waals surface area contributed by atoms with Crippen LogP contribution in [0.2, 0.25) is 0 Å². The van der Waals surface area contributed by atoms with Gasteiger partial charge in [-0.1, -0.05) is 25.5 Å². The first-order valence-corrected chi connectivity index (χ1v) is 6.97. The van der Waals surface area contributed by atoms with E-state index in [1.165, 1.54) is 14.0 Å². The number of allylic oxidation sites excluding steroid dienone is 1. The van der Waals surface area contributed by atoms with E-state index in [2.05, 4.69) is 10.6 Å². The van der Waals surface area contributed by atoms with Crippen molar-refractivity contribution in [1.29, 1.82) is 0 Å². The van der Waals surface area contributed by atoms with Crippen LogP contribution >= 0.6 is 0 Å². The van der Waals surface area contributed by atoms with Gasteiger partial charge in [-0.2, -0.15) is 0 Å². The summed E-state index contributed by atoms with van der Waals surface area (Å²) in [6, 6.07) is -1.44. The molecule has 21 heavy (non-hydrogen) atoms. The largest absolute Gasteiger partial charge is 0.467 e. The quantitative estimate of drug-likeness (QED) is 0.545. The second-order valence-corrected chi connectivity index (χ2v) is 5.52. The molecule has 0 aliphatic rings. The van der Waals surface area contributed by atoms with Gasteiger partial charge in [0, 0.05) is 6.92 Å². The number of amides is 2. The standard InChI is InChI=1S/C15H26N2O4/c1-9(2)7-8-12(15(20)21-6)17-14(19)13(10(3)4)16-11(5)18/h7,10,12-13H,8H2,1-6H3,(H,16,18)(H,17,19)/t12-,13+/m0/s1. The Labute approximate surface area is 126 Å². The molecule has 0 bridgehead atoms. The van der Waals surface area contributed by atoms with Crippen LogP contribution in [-0.4, -0.2) is 37.0 Å².